The molecule has 364 valence electrons. The maximum atomic E-state index is 12.9. The zero-order chi connectivity index (χ0) is 46.1. The smallest absolute Gasteiger partial charge is 0.306 e. The van der Waals surface area contributed by atoms with Crippen molar-refractivity contribution in [2.75, 3.05) is 26.4 Å². The summed E-state index contributed by atoms with van der Waals surface area (Å²) >= 11 is 0. The molecule has 2 saturated heterocycles. The zero-order valence-electron chi connectivity index (χ0n) is 38.0. The Labute approximate surface area is 376 Å². The molecule has 0 amide bonds. The van der Waals surface area contributed by atoms with Crippen LogP contribution in [0.3, 0.4) is 0 Å². The molecular weight excluding hydrogens is 817 g/mol. The van der Waals surface area contributed by atoms with Crippen LogP contribution in [0.5, 0.6) is 0 Å². The lowest BCUT2D eigenvalue weighted by atomic mass is 9.98. The molecule has 7 N–H and O–H groups in total. The number of rotatable bonds is 35. The second kappa shape index (κ2) is 35.7. The predicted octanol–water partition coefficient (Wildman–Crippen LogP) is 5.54. The van der Waals surface area contributed by atoms with Crippen LogP contribution in [0.25, 0.3) is 0 Å². The summed E-state index contributed by atoms with van der Waals surface area (Å²) in [5.41, 5.74) is 0. The van der Waals surface area contributed by atoms with Crippen LogP contribution in [0.2, 0.25) is 0 Å². The normalized spacial score (nSPS) is 27.3. The molecule has 63 heavy (non-hydrogen) atoms. The molecule has 0 radical (unpaired) electrons. The number of carbonyl (C=O) groups is 2. The first-order chi connectivity index (χ1) is 30.5. The topological polar surface area (TPSA) is 231 Å². The summed E-state index contributed by atoms with van der Waals surface area (Å²) in [6.07, 6.45) is 20.1. The van der Waals surface area contributed by atoms with Crippen LogP contribution in [0.4, 0.5) is 0 Å². The molecule has 2 fully saturated rings. The first-order valence-corrected chi connectivity index (χ1v) is 23.7. The van der Waals surface area contributed by atoms with Crippen molar-refractivity contribution >= 4 is 11.9 Å². The Kier molecular flexibility index (Phi) is 32.1. The van der Waals surface area contributed by atoms with Gasteiger partial charge in [0.15, 0.2) is 18.7 Å². The molecule has 0 saturated carbocycles. The third-order valence-electron chi connectivity index (χ3n) is 11.0. The minimum Gasteiger partial charge on any atom is -0.462 e. The Hall–Kier alpha value is -2.54. The van der Waals surface area contributed by atoms with Gasteiger partial charge in [-0.05, 0) is 51.4 Å². The van der Waals surface area contributed by atoms with Gasteiger partial charge in [-0.2, -0.15) is 0 Å². The van der Waals surface area contributed by atoms with Crippen molar-refractivity contribution in [1.29, 1.82) is 0 Å². The van der Waals surface area contributed by atoms with E-state index in [2.05, 4.69) is 62.5 Å². The highest BCUT2D eigenvalue weighted by Crippen LogP contribution is 2.26. The second-order valence-corrected chi connectivity index (χ2v) is 16.6. The van der Waals surface area contributed by atoms with Crippen molar-refractivity contribution in [3.05, 3.63) is 48.6 Å². The van der Waals surface area contributed by atoms with Crippen LogP contribution >= 0.6 is 0 Å². The molecule has 2 rings (SSSR count). The first-order valence-electron chi connectivity index (χ1n) is 23.7. The molecule has 15 nitrogen and oxygen atoms in total. The predicted molar refractivity (Wildman–Crippen MR) is 238 cm³/mol. The van der Waals surface area contributed by atoms with E-state index in [-0.39, 0.29) is 19.4 Å². The molecule has 0 spiro atoms. The van der Waals surface area contributed by atoms with E-state index in [1.807, 2.05) is 0 Å². The molecule has 4 unspecified atom stereocenters. The number of hydrogen-bond acceptors (Lipinski definition) is 15. The van der Waals surface area contributed by atoms with Crippen LogP contribution in [0.15, 0.2) is 48.6 Å². The molecule has 2 aliphatic heterocycles. The third kappa shape index (κ3) is 24.5. The van der Waals surface area contributed by atoms with E-state index < -0.39 is 99.3 Å². The van der Waals surface area contributed by atoms with Crippen molar-refractivity contribution in [2.45, 2.75) is 216 Å². The Bertz CT molecular complexity index is 1290. The van der Waals surface area contributed by atoms with Gasteiger partial charge in [-0.1, -0.05) is 133 Å². The van der Waals surface area contributed by atoms with Gasteiger partial charge < -0.3 is 64.2 Å². The quantitative estimate of drug-likeness (QED) is 0.0235. The van der Waals surface area contributed by atoms with E-state index >= 15 is 0 Å². The van der Waals surface area contributed by atoms with Crippen LogP contribution in [0.1, 0.15) is 149 Å². The monoisotopic (exact) mass is 899 g/mol. The highest BCUT2D eigenvalue weighted by molar-refractivity contribution is 5.70. The zero-order valence-corrected chi connectivity index (χ0v) is 38.0. The molecule has 11 atom stereocenters. The highest BCUT2D eigenvalue weighted by Gasteiger charge is 2.47. The lowest BCUT2D eigenvalue weighted by molar-refractivity contribution is -0.332. The van der Waals surface area contributed by atoms with Crippen LogP contribution in [-0.4, -0.2) is 142 Å². The van der Waals surface area contributed by atoms with E-state index in [4.69, 9.17) is 28.4 Å². The maximum absolute atomic E-state index is 12.9. The summed E-state index contributed by atoms with van der Waals surface area (Å²) < 4.78 is 33.4. The number of unbranched alkanes of at least 4 members (excludes halogenated alkanes) is 13. The van der Waals surface area contributed by atoms with Gasteiger partial charge >= 0.3 is 11.9 Å². The fourth-order valence-electron chi connectivity index (χ4n) is 7.09. The lowest BCUT2D eigenvalue weighted by Crippen LogP contribution is -2.61. The molecule has 0 bridgehead atoms. The van der Waals surface area contributed by atoms with Crippen molar-refractivity contribution in [3.63, 3.8) is 0 Å². The number of aliphatic hydroxyl groups is 7. The standard InChI is InChI=1S/C48H82O15/c1-3-5-7-9-11-13-15-16-17-18-19-20-21-23-25-27-29-31-40(51)61-36(33-58-39(50)30-28-26-24-22-14-12-10-8-6-4-2)34-59-47-46(57)44(55)42(53)38(63-47)35-60-48-45(56)43(54)41(52)37(32-49)62-48/h7,9,13,15,17-18,20-21,36-38,41-49,52-57H,3-6,8,10-12,14,16,19,22-35H2,1-2H3/b9-7+,15-13+,18-17+,21-20+/t36-,37+,38+,41-,42-,43?,44?,45?,46?,47+,48+/m1/s1. The van der Waals surface area contributed by atoms with Gasteiger partial charge in [-0.15, -0.1) is 0 Å². The van der Waals surface area contributed by atoms with Gasteiger partial charge in [0.05, 0.1) is 19.8 Å². The Morgan fingerprint density at radius 1 is 0.508 bits per heavy atom. The number of allylic oxidation sites excluding steroid dienone is 8. The average molecular weight is 899 g/mol. The molecule has 0 aliphatic carbocycles. The van der Waals surface area contributed by atoms with E-state index in [1.54, 1.807) is 0 Å². The van der Waals surface area contributed by atoms with E-state index in [9.17, 15) is 45.3 Å². The van der Waals surface area contributed by atoms with Gasteiger partial charge in [0, 0.05) is 12.8 Å². The van der Waals surface area contributed by atoms with Gasteiger partial charge in [0.2, 0.25) is 0 Å². The number of ether oxygens (including phenoxy) is 6. The molecular formula is C48H82O15. The Morgan fingerprint density at radius 2 is 0.984 bits per heavy atom. The summed E-state index contributed by atoms with van der Waals surface area (Å²) in [6.45, 7) is 2.45. The van der Waals surface area contributed by atoms with Gasteiger partial charge in [-0.25, -0.2) is 0 Å². The maximum Gasteiger partial charge on any atom is 0.306 e. The van der Waals surface area contributed by atoms with Gasteiger partial charge in [0.1, 0.15) is 55.4 Å². The molecule has 0 aromatic carbocycles. The molecule has 15 heteroatoms. The lowest BCUT2D eigenvalue weighted by Gasteiger charge is -2.42. The Morgan fingerprint density at radius 3 is 1.56 bits per heavy atom. The van der Waals surface area contributed by atoms with Crippen molar-refractivity contribution in [2.24, 2.45) is 0 Å². The van der Waals surface area contributed by atoms with Crippen molar-refractivity contribution in [3.8, 4) is 0 Å². The summed E-state index contributed by atoms with van der Waals surface area (Å²) in [5.74, 6) is -0.966. The summed E-state index contributed by atoms with van der Waals surface area (Å²) in [7, 11) is 0. The van der Waals surface area contributed by atoms with Gasteiger partial charge in [0.25, 0.3) is 0 Å². The molecule has 0 aromatic heterocycles. The fourth-order valence-corrected chi connectivity index (χ4v) is 7.09. The van der Waals surface area contributed by atoms with Crippen molar-refractivity contribution < 1.29 is 73.8 Å². The number of aliphatic hydroxyl groups excluding tert-OH is 7. The summed E-state index contributed by atoms with van der Waals surface area (Å²) in [5, 5.41) is 71.9. The number of carbonyl (C=O) groups excluding carboxylic acids is 2. The molecule has 2 heterocycles. The minimum absolute atomic E-state index is 0.127. The highest BCUT2D eigenvalue weighted by atomic mass is 16.7. The SMILES string of the molecule is CCC/C=C/C/C=C/C/C=C/C/C=C/CCCCCC(=O)O[C@H](COC(=O)CCCCCCCCCCCC)CO[C@H]1O[C@@H](CO[C@H]2O[C@@H](CO)[C@@H](O)C(O)C2O)[C@@H](O)C(O)C1O. The van der Waals surface area contributed by atoms with Crippen molar-refractivity contribution in [1.82, 2.24) is 0 Å². The third-order valence-corrected chi connectivity index (χ3v) is 11.0. The van der Waals surface area contributed by atoms with Crippen LogP contribution < -0.4 is 0 Å². The minimum atomic E-state index is -1.77. The number of hydrogen-bond donors (Lipinski definition) is 7. The summed E-state index contributed by atoms with van der Waals surface area (Å²) in [4.78, 5) is 25.6. The largest absolute Gasteiger partial charge is 0.462 e. The first kappa shape index (κ1) is 56.6. The van der Waals surface area contributed by atoms with E-state index in [0.717, 1.165) is 64.2 Å². The molecule has 0 aromatic rings. The average Bonchev–Trinajstić information content (AvgIpc) is 3.28. The Balaban J connectivity index is 1.86. The summed E-state index contributed by atoms with van der Waals surface area (Å²) in [6, 6.07) is 0. The van der Waals surface area contributed by atoms with Crippen LogP contribution in [0, 0.1) is 0 Å². The second-order valence-electron chi connectivity index (χ2n) is 16.6. The molecule has 2 aliphatic rings. The van der Waals surface area contributed by atoms with Crippen LogP contribution in [-0.2, 0) is 38.0 Å². The van der Waals surface area contributed by atoms with E-state index in [0.29, 0.717) is 12.8 Å². The van der Waals surface area contributed by atoms with Gasteiger partial charge in [-0.3, -0.25) is 9.59 Å². The van der Waals surface area contributed by atoms with E-state index in [1.165, 1.54) is 44.9 Å². The fraction of sp³-hybridized carbons (Fsp3) is 0.792. The number of esters is 2.